The number of carbonyl (C=O) groups excluding carboxylic acids is 1. The van der Waals surface area contributed by atoms with Crippen molar-refractivity contribution in [3.63, 3.8) is 0 Å². The molecule has 0 spiro atoms. The Labute approximate surface area is 210 Å². The summed E-state index contributed by atoms with van der Waals surface area (Å²) in [6.45, 7) is 5.75. The van der Waals surface area contributed by atoms with Gasteiger partial charge in [-0.15, -0.1) is 0 Å². The molecule has 0 aliphatic carbocycles. The maximum atomic E-state index is 13.5. The molecule has 0 heterocycles. The summed E-state index contributed by atoms with van der Waals surface area (Å²) in [6.07, 6.45) is 1.20. The molecular weight excluding hydrogens is 492 g/mol. The van der Waals surface area contributed by atoms with Gasteiger partial charge < -0.3 is 19.9 Å². The van der Waals surface area contributed by atoms with Crippen LogP contribution in [0.2, 0.25) is 0 Å². The zero-order chi connectivity index (χ0) is 26.2. The number of hydrogen-bond acceptors (Lipinski definition) is 7. The van der Waals surface area contributed by atoms with Gasteiger partial charge in [-0.25, -0.2) is 13.2 Å². The van der Waals surface area contributed by atoms with Crippen LogP contribution in [-0.4, -0.2) is 45.7 Å². The molecular formula is C24H28N2O7S2. The van der Waals surface area contributed by atoms with Gasteiger partial charge in [0.1, 0.15) is 0 Å². The molecule has 0 atom stereocenters. The number of sulfonamides is 1. The number of allylic oxidation sites excluding steroid dienone is 1. The summed E-state index contributed by atoms with van der Waals surface area (Å²) in [5.41, 5.74) is 0.373. The number of benzene rings is 2. The average Bonchev–Trinajstić information content (AvgIpc) is 2.83. The number of nitrogens with one attached hydrogen (secondary N) is 1. The van der Waals surface area contributed by atoms with Crippen LogP contribution in [0.25, 0.3) is 0 Å². The number of carboxylic acid groups (broad SMARTS) is 1. The minimum absolute atomic E-state index is 0.0205. The van der Waals surface area contributed by atoms with E-state index >= 15 is 0 Å². The van der Waals surface area contributed by atoms with Gasteiger partial charge in [-0.3, -0.25) is 9.10 Å². The number of carbonyl (C=O) groups is 2. The van der Waals surface area contributed by atoms with E-state index in [0.29, 0.717) is 30.4 Å². The summed E-state index contributed by atoms with van der Waals surface area (Å²) in [5, 5.41) is 12.9. The van der Waals surface area contributed by atoms with Gasteiger partial charge in [0, 0.05) is 24.4 Å². The molecule has 11 heteroatoms. The van der Waals surface area contributed by atoms with E-state index < -0.39 is 21.9 Å². The predicted molar refractivity (Wildman–Crippen MR) is 139 cm³/mol. The van der Waals surface area contributed by atoms with Crippen LogP contribution in [0.15, 0.2) is 64.4 Å². The smallest absolute Gasteiger partial charge is 0.335 e. The molecule has 35 heavy (non-hydrogen) atoms. The lowest BCUT2D eigenvalue weighted by Crippen LogP contribution is -2.29. The molecule has 0 saturated heterocycles. The molecule has 0 aliphatic rings. The Kier molecular flexibility index (Phi) is 9.78. The Balaban J connectivity index is 2.46. The highest BCUT2D eigenvalue weighted by molar-refractivity contribution is 7.96. The number of carboxylic acids is 1. The molecule has 0 fully saturated rings. The lowest BCUT2D eigenvalue weighted by molar-refractivity contribution is -0.112. The Morgan fingerprint density at radius 3 is 2.34 bits per heavy atom. The maximum Gasteiger partial charge on any atom is 0.335 e. The molecule has 0 radical (unpaired) electrons. The zero-order valence-corrected chi connectivity index (χ0v) is 21.5. The van der Waals surface area contributed by atoms with E-state index in [4.69, 9.17) is 14.6 Å². The van der Waals surface area contributed by atoms with Crippen LogP contribution in [-0.2, 0) is 14.8 Å². The zero-order valence-electron chi connectivity index (χ0n) is 19.8. The first-order valence-corrected chi connectivity index (χ1v) is 12.6. The van der Waals surface area contributed by atoms with Crippen LogP contribution < -0.4 is 19.1 Å². The molecule has 0 saturated carbocycles. The molecule has 0 unspecified atom stereocenters. The molecule has 2 aromatic carbocycles. The number of nitrogens with zero attached hydrogens (tertiary/aromatic N) is 1. The molecule has 2 N–H and O–H groups in total. The van der Waals surface area contributed by atoms with Gasteiger partial charge in [0.2, 0.25) is 0 Å². The van der Waals surface area contributed by atoms with E-state index in [1.807, 2.05) is 6.92 Å². The number of hydrogen-bond donors (Lipinski definition) is 3. The number of thiol groups is 1. The van der Waals surface area contributed by atoms with Gasteiger partial charge in [-0.05, 0) is 62.6 Å². The SMILES string of the molecule is CCOc1ccc(N(C)S(=O)(=O)C(/C=C\S)=C(/C)C(=O)Nc2cccc(C(=O)O)c2)cc1OCC. The van der Waals surface area contributed by atoms with Crippen LogP contribution >= 0.6 is 12.6 Å². The van der Waals surface area contributed by atoms with Crippen molar-refractivity contribution in [1.82, 2.24) is 0 Å². The summed E-state index contributed by atoms with van der Waals surface area (Å²) in [6, 6.07) is 10.4. The summed E-state index contributed by atoms with van der Waals surface area (Å²) in [7, 11) is -2.85. The molecule has 0 bridgehead atoms. The van der Waals surface area contributed by atoms with E-state index in [0.717, 1.165) is 4.31 Å². The normalized spacial score (nSPS) is 12.1. The first kappa shape index (κ1) is 27.8. The van der Waals surface area contributed by atoms with Gasteiger partial charge >= 0.3 is 5.97 Å². The van der Waals surface area contributed by atoms with Gasteiger partial charge in [0.05, 0.1) is 29.4 Å². The quantitative estimate of drug-likeness (QED) is 0.229. The molecule has 2 aromatic rings. The van der Waals surface area contributed by atoms with Crippen LogP contribution in [0, 0.1) is 0 Å². The van der Waals surface area contributed by atoms with Crippen LogP contribution in [0.5, 0.6) is 11.5 Å². The van der Waals surface area contributed by atoms with Crippen LogP contribution in [0.4, 0.5) is 11.4 Å². The number of ether oxygens (including phenoxy) is 2. The number of rotatable bonds is 11. The monoisotopic (exact) mass is 520 g/mol. The number of aromatic carboxylic acids is 1. The molecule has 188 valence electrons. The second-order valence-corrected chi connectivity index (χ2v) is 9.35. The number of amides is 1. The van der Waals surface area contributed by atoms with E-state index in [1.165, 1.54) is 49.7 Å². The fourth-order valence-electron chi connectivity index (χ4n) is 3.06. The van der Waals surface area contributed by atoms with Crippen molar-refractivity contribution in [2.45, 2.75) is 20.8 Å². The Bertz CT molecular complexity index is 1250. The Hall–Kier alpha value is -3.44. The van der Waals surface area contributed by atoms with Crippen LogP contribution in [0.3, 0.4) is 0 Å². The standard InChI is InChI=1S/C24H28N2O7S2/c1-5-32-20-11-10-19(15-21(20)33-6-2)26(4)35(30,31)22(12-13-34)16(3)23(27)25-18-9-7-8-17(14-18)24(28)29/h7-15,34H,5-6H2,1-4H3,(H,25,27)(H,28,29)/b13-12-,22-16-. The van der Waals surface area contributed by atoms with Gasteiger partial charge in [0.25, 0.3) is 15.9 Å². The minimum atomic E-state index is -4.21. The topological polar surface area (TPSA) is 122 Å². The summed E-state index contributed by atoms with van der Waals surface area (Å²) in [4.78, 5) is 23.8. The highest BCUT2D eigenvalue weighted by Crippen LogP contribution is 2.34. The lowest BCUT2D eigenvalue weighted by atomic mass is 10.2. The first-order valence-electron chi connectivity index (χ1n) is 10.6. The van der Waals surface area contributed by atoms with Crippen molar-refractivity contribution in [3.8, 4) is 11.5 Å². The molecule has 1 amide bonds. The fourth-order valence-corrected chi connectivity index (χ4v) is 4.72. The van der Waals surface area contributed by atoms with Crippen molar-refractivity contribution in [1.29, 1.82) is 0 Å². The lowest BCUT2D eigenvalue weighted by Gasteiger charge is -2.22. The van der Waals surface area contributed by atoms with Crippen molar-refractivity contribution in [2.24, 2.45) is 0 Å². The van der Waals surface area contributed by atoms with E-state index in [-0.39, 0.29) is 21.7 Å². The van der Waals surface area contributed by atoms with Gasteiger partial charge in [-0.2, -0.15) is 12.6 Å². The van der Waals surface area contributed by atoms with Crippen molar-refractivity contribution >= 4 is 45.9 Å². The Morgan fingerprint density at radius 1 is 1.09 bits per heavy atom. The van der Waals surface area contributed by atoms with Crippen molar-refractivity contribution in [3.05, 3.63) is 70.0 Å². The molecule has 9 nitrogen and oxygen atoms in total. The van der Waals surface area contributed by atoms with E-state index in [9.17, 15) is 18.0 Å². The highest BCUT2D eigenvalue weighted by atomic mass is 32.2. The average molecular weight is 521 g/mol. The first-order chi connectivity index (χ1) is 16.6. The summed E-state index contributed by atoms with van der Waals surface area (Å²) in [5.74, 6) is -1.00. The summed E-state index contributed by atoms with van der Waals surface area (Å²) >= 11 is 4.00. The molecule has 2 rings (SSSR count). The second kappa shape index (κ2) is 12.3. The molecule has 0 aromatic heterocycles. The summed E-state index contributed by atoms with van der Waals surface area (Å²) < 4.78 is 39.1. The fraction of sp³-hybridized carbons (Fsp3) is 0.250. The third kappa shape index (κ3) is 6.80. The third-order valence-electron chi connectivity index (χ3n) is 4.83. The Morgan fingerprint density at radius 2 is 1.74 bits per heavy atom. The molecule has 0 aliphatic heterocycles. The van der Waals surface area contributed by atoms with Gasteiger partial charge in [-0.1, -0.05) is 6.07 Å². The second-order valence-electron chi connectivity index (χ2n) is 7.11. The van der Waals surface area contributed by atoms with Gasteiger partial charge in [0.15, 0.2) is 11.5 Å². The van der Waals surface area contributed by atoms with Crippen LogP contribution in [0.1, 0.15) is 31.1 Å². The highest BCUT2D eigenvalue weighted by Gasteiger charge is 2.27. The largest absolute Gasteiger partial charge is 0.490 e. The minimum Gasteiger partial charge on any atom is -0.490 e. The van der Waals surface area contributed by atoms with Crippen molar-refractivity contribution < 1.29 is 32.6 Å². The van der Waals surface area contributed by atoms with Crippen molar-refractivity contribution in [2.75, 3.05) is 29.9 Å². The number of anilines is 2. The maximum absolute atomic E-state index is 13.5. The van der Waals surface area contributed by atoms with E-state index in [1.54, 1.807) is 25.1 Å². The predicted octanol–water partition coefficient (Wildman–Crippen LogP) is 4.30. The third-order valence-corrected chi connectivity index (χ3v) is 6.91. The van der Waals surface area contributed by atoms with E-state index in [2.05, 4.69) is 17.9 Å².